The average molecular weight is 224 g/mol. The summed E-state index contributed by atoms with van der Waals surface area (Å²) in [6, 6.07) is 11.2. The van der Waals surface area contributed by atoms with Crippen molar-refractivity contribution in [3.05, 3.63) is 59.4 Å². The van der Waals surface area contributed by atoms with E-state index in [0.29, 0.717) is 6.04 Å². The summed E-state index contributed by atoms with van der Waals surface area (Å²) in [6.07, 6.45) is 5.88. The van der Waals surface area contributed by atoms with Crippen molar-refractivity contribution in [3.63, 3.8) is 0 Å². The monoisotopic (exact) mass is 224 g/mol. The molecule has 0 bridgehead atoms. The second-order valence-electron chi connectivity index (χ2n) is 4.49. The summed E-state index contributed by atoms with van der Waals surface area (Å²) in [7, 11) is 0. The molecule has 0 spiro atoms. The van der Waals surface area contributed by atoms with E-state index in [4.69, 9.17) is 0 Å². The fraction of sp³-hybridized carbons (Fsp3) is 0.267. The molecule has 0 aliphatic carbocycles. The second kappa shape index (κ2) is 4.21. The summed E-state index contributed by atoms with van der Waals surface area (Å²) >= 11 is 0. The van der Waals surface area contributed by atoms with Crippen LogP contribution in [0.3, 0.4) is 0 Å². The van der Waals surface area contributed by atoms with Gasteiger partial charge in [0.05, 0.1) is 6.04 Å². The molecule has 0 saturated heterocycles. The Labute approximate surface area is 102 Å². The molecule has 2 heteroatoms. The standard InChI is InChI=1S/C15H16N2/c1-2-11-4-3-5-13-10-14(17-15(11)13)12-6-8-16-9-7-12/h3-9,14,17H,2,10H2,1H3. The van der Waals surface area contributed by atoms with E-state index in [1.54, 1.807) is 0 Å². The summed E-state index contributed by atoms with van der Waals surface area (Å²) in [5.74, 6) is 0. The van der Waals surface area contributed by atoms with Gasteiger partial charge >= 0.3 is 0 Å². The Kier molecular flexibility index (Phi) is 2.56. The molecule has 1 atom stereocenters. The zero-order valence-corrected chi connectivity index (χ0v) is 9.98. The van der Waals surface area contributed by atoms with Gasteiger partial charge < -0.3 is 5.32 Å². The Bertz CT molecular complexity index is 520. The van der Waals surface area contributed by atoms with Gasteiger partial charge in [-0.3, -0.25) is 4.98 Å². The lowest BCUT2D eigenvalue weighted by atomic mass is 10.0. The van der Waals surface area contributed by atoms with Crippen LogP contribution in [0.5, 0.6) is 0 Å². The maximum absolute atomic E-state index is 4.07. The summed E-state index contributed by atoms with van der Waals surface area (Å²) < 4.78 is 0. The molecule has 1 aromatic heterocycles. The molecule has 1 aromatic carbocycles. The summed E-state index contributed by atoms with van der Waals surface area (Å²) in [5.41, 5.74) is 5.51. The van der Waals surface area contributed by atoms with E-state index >= 15 is 0 Å². The molecule has 3 rings (SSSR count). The maximum Gasteiger partial charge on any atom is 0.0556 e. The Balaban J connectivity index is 1.93. The van der Waals surface area contributed by atoms with Gasteiger partial charge in [0, 0.05) is 18.1 Å². The van der Waals surface area contributed by atoms with Crippen LogP contribution < -0.4 is 5.32 Å². The van der Waals surface area contributed by atoms with E-state index in [9.17, 15) is 0 Å². The lowest BCUT2D eigenvalue weighted by Crippen LogP contribution is -2.06. The van der Waals surface area contributed by atoms with E-state index < -0.39 is 0 Å². The fourth-order valence-electron chi connectivity index (χ4n) is 2.55. The predicted molar refractivity (Wildman–Crippen MR) is 70.1 cm³/mol. The van der Waals surface area contributed by atoms with Gasteiger partial charge in [0.1, 0.15) is 0 Å². The lowest BCUT2D eigenvalue weighted by Gasteiger charge is -2.12. The van der Waals surface area contributed by atoms with Crippen LogP contribution in [0.15, 0.2) is 42.7 Å². The van der Waals surface area contributed by atoms with Gasteiger partial charge in [-0.15, -0.1) is 0 Å². The highest BCUT2D eigenvalue weighted by Crippen LogP contribution is 2.36. The van der Waals surface area contributed by atoms with Crippen molar-refractivity contribution in [1.82, 2.24) is 4.98 Å². The van der Waals surface area contributed by atoms with Gasteiger partial charge in [-0.1, -0.05) is 25.1 Å². The van der Waals surface area contributed by atoms with Gasteiger partial charge in [0.25, 0.3) is 0 Å². The SMILES string of the molecule is CCc1cccc2c1NC(c1ccncc1)C2. The van der Waals surface area contributed by atoms with Gasteiger partial charge in [0.15, 0.2) is 0 Å². The molecule has 0 amide bonds. The number of nitrogens with zero attached hydrogens (tertiary/aromatic N) is 1. The Morgan fingerprint density at radius 3 is 2.82 bits per heavy atom. The van der Waals surface area contributed by atoms with Crippen LogP contribution in [0.25, 0.3) is 0 Å². The van der Waals surface area contributed by atoms with Crippen LogP contribution in [0.4, 0.5) is 5.69 Å². The molecule has 1 N–H and O–H groups in total. The number of aryl methyl sites for hydroxylation is 1. The highest BCUT2D eigenvalue weighted by atomic mass is 15.0. The van der Waals surface area contributed by atoms with Crippen LogP contribution >= 0.6 is 0 Å². The third kappa shape index (κ3) is 1.80. The molecule has 0 fully saturated rings. The topological polar surface area (TPSA) is 24.9 Å². The third-order valence-corrected chi connectivity index (χ3v) is 3.47. The van der Waals surface area contributed by atoms with E-state index in [1.807, 2.05) is 12.4 Å². The molecule has 0 saturated carbocycles. The number of hydrogen-bond acceptors (Lipinski definition) is 2. The molecule has 17 heavy (non-hydrogen) atoms. The van der Waals surface area contributed by atoms with Crippen molar-refractivity contribution in [1.29, 1.82) is 0 Å². The molecule has 2 aromatic rings. The molecule has 0 radical (unpaired) electrons. The number of para-hydroxylation sites is 1. The van der Waals surface area contributed by atoms with Crippen molar-refractivity contribution in [2.24, 2.45) is 0 Å². The van der Waals surface area contributed by atoms with Gasteiger partial charge in [0.2, 0.25) is 0 Å². The van der Waals surface area contributed by atoms with Crippen LogP contribution in [0.2, 0.25) is 0 Å². The Morgan fingerprint density at radius 2 is 2.06 bits per heavy atom. The summed E-state index contributed by atoms with van der Waals surface area (Å²) in [6.45, 7) is 2.21. The minimum Gasteiger partial charge on any atom is -0.377 e. The minimum atomic E-state index is 0.403. The van der Waals surface area contributed by atoms with Crippen molar-refractivity contribution in [2.75, 3.05) is 5.32 Å². The van der Waals surface area contributed by atoms with Crippen LogP contribution in [-0.2, 0) is 12.8 Å². The number of pyridine rings is 1. The third-order valence-electron chi connectivity index (χ3n) is 3.47. The first kappa shape index (κ1) is 10.3. The van der Waals surface area contributed by atoms with Crippen LogP contribution in [0, 0.1) is 0 Å². The second-order valence-corrected chi connectivity index (χ2v) is 4.49. The Hall–Kier alpha value is -1.83. The molecule has 2 nitrogen and oxygen atoms in total. The Morgan fingerprint density at radius 1 is 1.24 bits per heavy atom. The number of hydrogen-bond donors (Lipinski definition) is 1. The minimum absolute atomic E-state index is 0.403. The molecule has 2 heterocycles. The maximum atomic E-state index is 4.07. The first-order chi connectivity index (χ1) is 8.38. The molecule has 86 valence electrons. The van der Waals surface area contributed by atoms with Gasteiger partial charge in [-0.25, -0.2) is 0 Å². The highest BCUT2D eigenvalue weighted by Gasteiger charge is 2.23. The number of nitrogens with one attached hydrogen (secondary N) is 1. The smallest absolute Gasteiger partial charge is 0.0556 e. The largest absolute Gasteiger partial charge is 0.377 e. The van der Waals surface area contributed by atoms with Crippen molar-refractivity contribution in [3.8, 4) is 0 Å². The van der Waals surface area contributed by atoms with E-state index in [0.717, 1.165) is 12.8 Å². The van der Waals surface area contributed by atoms with Gasteiger partial charge in [-0.2, -0.15) is 0 Å². The van der Waals surface area contributed by atoms with E-state index in [-0.39, 0.29) is 0 Å². The number of aromatic nitrogens is 1. The lowest BCUT2D eigenvalue weighted by molar-refractivity contribution is 0.821. The van der Waals surface area contributed by atoms with Crippen molar-refractivity contribution >= 4 is 5.69 Å². The first-order valence-corrected chi connectivity index (χ1v) is 6.15. The van der Waals surface area contributed by atoms with Crippen molar-refractivity contribution < 1.29 is 0 Å². The molecular weight excluding hydrogens is 208 g/mol. The number of rotatable bonds is 2. The number of fused-ring (bicyclic) bond motifs is 1. The number of benzene rings is 1. The molecule has 1 aliphatic heterocycles. The molecule has 1 aliphatic rings. The predicted octanol–water partition coefficient (Wildman–Crippen LogP) is 3.35. The summed E-state index contributed by atoms with van der Waals surface area (Å²) in [5, 5.41) is 3.64. The van der Waals surface area contributed by atoms with E-state index in [1.165, 1.54) is 22.4 Å². The average Bonchev–Trinajstić information content (AvgIpc) is 2.83. The number of anilines is 1. The summed E-state index contributed by atoms with van der Waals surface area (Å²) in [4.78, 5) is 4.07. The zero-order chi connectivity index (χ0) is 11.7. The van der Waals surface area contributed by atoms with Crippen molar-refractivity contribution in [2.45, 2.75) is 25.8 Å². The fourth-order valence-corrected chi connectivity index (χ4v) is 2.55. The quantitative estimate of drug-likeness (QED) is 0.846. The zero-order valence-electron chi connectivity index (χ0n) is 9.98. The normalized spacial score (nSPS) is 17.6. The van der Waals surface area contributed by atoms with E-state index in [2.05, 4.69) is 47.6 Å². The van der Waals surface area contributed by atoms with Gasteiger partial charge in [-0.05, 0) is 41.7 Å². The molecule has 1 unspecified atom stereocenters. The van der Waals surface area contributed by atoms with Crippen LogP contribution in [0.1, 0.15) is 29.7 Å². The first-order valence-electron chi connectivity index (χ1n) is 6.15. The van der Waals surface area contributed by atoms with Crippen LogP contribution in [-0.4, -0.2) is 4.98 Å². The highest BCUT2D eigenvalue weighted by molar-refractivity contribution is 5.63. The molecular formula is C15H16N2.